The first-order chi connectivity index (χ1) is 15.0. The molecule has 1 amide bonds. The van der Waals surface area contributed by atoms with Gasteiger partial charge in [0.1, 0.15) is 11.7 Å². The van der Waals surface area contributed by atoms with Crippen LogP contribution in [0.25, 0.3) is 11.0 Å². The molecule has 2 heterocycles. The van der Waals surface area contributed by atoms with E-state index >= 15 is 0 Å². The molecule has 1 N–H and O–H groups in total. The van der Waals surface area contributed by atoms with Crippen LogP contribution in [0.2, 0.25) is 5.02 Å². The lowest BCUT2D eigenvalue weighted by Crippen LogP contribution is -2.29. The molecule has 31 heavy (non-hydrogen) atoms. The number of hydrogen-bond donors (Lipinski definition) is 1. The van der Waals surface area contributed by atoms with Gasteiger partial charge in [-0.25, -0.2) is 9.67 Å². The fourth-order valence-corrected chi connectivity index (χ4v) is 3.56. The zero-order valence-corrected chi connectivity index (χ0v) is 17.8. The fraction of sp³-hybridized carbons (Fsp3) is 0.217. The SMILES string of the molecule is Cc1cccc(CC(=O)NCCn2ncc3c(=O)n(Cc4ccc(Cl)cc4)cnc32)c1. The van der Waals surface area contributed by atoms with Gasteiger partial charge < -0.3 is 5.32 Å². The Bertz CT molecular complexity index is 1280. The molecular formula is C23H22ClN5O2. The summed E-state index contributed by atoms with van der Waals surface area (Å²) >= 11 is 5.92. The zero-order valence-electron chi connectivity index (χ0n) is 17.1. The highest BCUT2D eigenvalue weighted by Gasteiger charge is 2.11. The van der Waals surface area contributed by atoms with Gasteiger partial charge in [-0.1, -0.05) is 53.6 Å². The van der Waals surface area contributed by atoms with Crippen molar-refractivity contribution in [1.29, 1.82) is 0 Å². The van der Waals surface area contributed by atoms with Crippen molar-refractivity contribution in [2.45, 2.75) is 26.4 Å². The van der Waals surface area contributed by atoms with E-state index in [2.05, 4.69) is 15.4 Å². The van der Waals surface area contributed by atoms with Crippen molar-refractivity contribution >= 4 is 28.5 Å². The van der Waals surface area contributed by atoms with Crippen molar-refractivity contribution in [2.24, 2.45) is 0 Å². The van der Waals surface area contributed by atoms with Crippen LogP contribution in [0.4, 0.5) is 0 Å². The Morgan fingerprint density at radius 3 is 2.71 bits per heavy atom. The predicted octanol–water partition coefficient (Wildman–Crippen LogP) is 2.96. The van der Waals surface area contributed by atoms with E-state index in [-0.39, 0.29) is 11.5 Å². The molecule has 2 aromatic carbocycles. The first kappa shape index (κ1) is 20.8. The van der Waals surface area contributed by atoms with E-state index in [0.717, 1.165) is 16.7 Å². The predicted molar refractivity (Wildman–Crippen MR) is 120 cm³/mol. The molecule has 0 fully saturated rings. The zero-order chi connectivity index (χ0) is 21.8. The number of benzene rings is 2. The second-order valence-corrected chi connectivity index (χ2v) is 7.86. The van der Waals surface area contributed by atoms with Gasteiger partial charge >= 0.3 is 0 Å². The number of nitrogens with one attached hydrogen (secondary N) is 1. The summed E-state index contributed by atoms with van der Waals surface area (Å²) in [7, 11) is 0. The minimum absolute atomic E-state index is 0.0552. The van der Waals surface area contributed by atoms with Gasteiger partial charge in [-0.2, -0.15) is 5.10 Å². The van der Waals surface area contributed by atoms with Crippen LogP contribution in [-0.2, 0) is 24.3 Å². The van der Waals surface area contributed by atoms with Crippen LogP contribution in [-0.4, -0.2) is 31.8 Å². The highest BCUT2D eigenvalue weighted by atomic mass is 35.5. The number of rotatable bonds is 7. The first-order valence-electron chi connectivity index (χ1n) is 9.97. The summed E-state index contributed by atoms with van der Waals surface area (Å²) in [6.45, 7) is 3.23. The normalized spacial score (nSPS) is 11.0. The molecule has 2 aromatic heterocycles. The van der Waals surface area contributed by atoms with Crippen molar-refractivity contribution in [1.82, 2.24) is 24.6 Å². The Balaban J connectivity index is 1.40. The van der Waals surface area contributed by atoms with E-state index in [9.17, 15) is 9.59 Å². The van der Waals surface area contributed by atoms with Crippen molar-refractivity contribution in [3.8, 4) is 0 Å². The van der Waals surface area contributed by atoms with Crippen LogP contribution in [0.3, 0.4) is 0 Å². The fourth-order valence-electron chi connectivity index (χ4n) is 3.43. The molecule has 4 aromatic rings. The Kier molecular flexibility index (Phi) is 6.13. The molecule has 4 rings (SSSR count). The average Bonchev–Trinajstić information content (AvgIpc) is 3.15. The van der Waals surface area contributed by atoms with E-state index in [0.29, 0.717) is 42.1 Å². The second kappa shape index (κ2) is 9.14. The average molecular weight is 436 g/mol. The van der Waals surface area contributed by atoms with Gasteiger partial charge in [0.15, 0.2) is 5.65 Å². The minimum Gasteiger partial charge on any atom is -0.354 e. The molecule has 0 atom stereocenters. The molecule has 0 radical (unpaired) electrons. The third-order valence-electron chi connectivity index (χ3n) is 4.98. The molecule has 0 aliphatic rings. The van der Waals surface area contributed by atoms with Gasteiger partial charge in [0, 0.05) is 11.6 Å². The minimum atomic E-state index is -0.158. The standard InChI is InChI=1S/C23H22ClN5O2/c1-16-3-2-4-18(11-16)12-21(30)25-9-10-29-22-20(13-27-29)23(31)28(15-26-22)14-17-5-7-19(24)8-6-17/h2-8,11,13,15H,9-10,12,14H2,1H3,(H,25,30). The highest BCUT2D eigenvalue weighted by Crippen LogP contribution is 2.11. The van der Waals surface area contributed by atoms with Gasteiger partial charge in [-0.15, -0.1) is 0 Å². The van der Waals surface area contributed by atoms with E-state index in [1.807, 2.05) is 43.3 Å². The van der Waals surface area contributed by atoms with Crippen LogP contribution in [0.1, 0.15) is 16.7 Å². The molecule has 7 nitrogen and oxygen atoms in total. The van der Waals surface area contributed by atoms with Crippen LogP contribution in [0.5, 0.6) is 0 Å². The third kappa shape index (κ3) is 5.00. The molecular weight excluding hydrogens is 414 g/mol. The number of aromatic nitrogens is 4. The van der Waals surface area contributed by atoms with Gasteiger partial charge in [-0.3, -0.25) is 14.2 Å². The van der Waals surface area contributed by atoms with E-state index < -0.39 is 0 Å². The number of amides is 1. The molecule has 0 aliphatic heterocycles. The Labute approximate surface area is 184 Å². The largest absolute Gasteiger partial charge is 0.354 e. The summed E-state index contributed by atoms with van der Waals surface area (Å²) in [6.07, 6.45) is 3.38. The topological polar surface area (TPSA) is 81.8 Å². The maximum Gasteiger partial charge on any atom is 0.264 e. The van der Waals surface area contributed by atoms with Crippen LogP contribution in [0, 0.1) is 6.92 Å². The molecule has 0 aliphatic carbocycles. The monoisotopic (exact) mass is 435 g/mol. The summed E-state index contributed by atoms with van der Waals surface area (Å²) in [5.74, 6) is -0.0552. The Hall–Kier alpha value is -3.45. The Morgan fingerprint density at radius 1 is 1.13 bits per heavy atom. The number of aryl methyl sites for hydroxylation is 1. The summed E-state index contributed by atoms with van der Waals surface area (Å²) in [5.41, 5.74) is 3.40. The number of nitrogens with zero attached hydrogens (tertiary/aromatic N) is 4. The lowest BCUT2D eigenvalue weighted by molar-refractivity contribution is -0.120. The van der Waals surface area contributed by atoms with E-state index in [1.54, 1.807) is 21.4 Å². The quantitative estimate of drug-likeness (QED) is 0.484. The highest BCUT2D eigenvalue weighted by molar-refractivity contribution is 6.30. The molecule has 158 valence electrons. The van der Waals surface area contributed by atoms with E-state index in [1.165, 1.54) is 12.5 Å². The third-order valence-corrected chi connectivity index (χ3v) is 5.23. The maximum absolute atomic E-state index is 12.8. The molecule has 0 bridgehead atoms. The summed E-state index contributed by atoms with van der Waals surface area (Å²) in [5, 5.41) is 8.27. The molecule has 0 unspecified atom stereocenters. The smallest absolute Gasteiger partial charge is 0.264 e. The van der Waals surface area contributed by atoms with Crippen LogP contribution < -0.4 is 10.9 Å². The van der Waals surface area contributed by atoms with Crippen molar-refractivity contribution in [2.75, 3.05) is 6.54 Å². The van der Waals surface area contributed by atoms with E-state index in [4.69, 9.17) is 11.6 Å². The van der Waals surface area contributed by atoms with Gasteiger partial charge in [0.2, 0.25) is 5.91 Å². The molecule has 8 heteroatoms. The first-order valence-corrected chi connectivity index (χ1v) is 10.3. The second-order valence-electron chi connectivity index (χ2n) is 7.42. The summed E-state index contributed by atoms with van der Waals surface area (Å²) in [4.78, 5) is 29.4. The van der Waals surface area contributed by atoms with Crippen LogP contribution in [0.15, 0.2) is 65.8 Å². The Morgan fingerprint density at radius 2 is 1.94 bits per heavy atom. The lowest BCUT2D eigenvalue weighted by atomic mass is 10.1. The molecule has 0 saturated heterocycles. The number of hydrogen-bond acceptors (Lipinski definition) is 4. The molecule has 0 saturated carbocycles. The number of halogens is 1. The van der Waals surface area contributed by atoms with Crippen molar-refractivity contribution < 1.29 is 4.79 Å². The molecule has 0 spiro atoms. The lowest BCUT2D eigenvalue weighted by Gasteiger charge is -2.08. The number of fused-ring (bicyclic) bond motifs is 1. The van der Waals surface area contributed by atoms with Gasteiger partial charge in [0.25, 0.3) is 5.56 Å². The number of carbonyl (C=O) groups is 1. The number of carbonyl (C=O) groups excluding carboxylic acids is 1. The van der Waals surface area contributed by atoms with Crippen LogP contribution >= 0.6 is 11.6 Å². The summed E-state index contributed by atoms with van der Waals surface area (Å²) in [6, 6.07) is 15.2. The van der Waals surface area contributed by atoms with Gasteiger partial charge in [0.05, 0.1) is 25.7 Å². The maximum atomic E-state index is 12.8. The van der Waals surface area contributed by atoms with Crippen molar-refractivity contribution in [3.05, 3.63) is 93.1 Å². The van der Waals surface area contributed by atoms with Crippen molar-refractivity contribution in [3.63, 3.8) is 0 Å². The summed E-state index contributed by atoms with van der Waals surface area (Å²) < 4.78 is 3.18. The van der Waals surface area contributed by atoms with Gasteiger partial charge in [-0.05, 0) is 30.2 Å².